The Morgan fingerprint density at radius 3 is 2.44 bits per heavy atom. The van der Waals surface area contributed by atoms with E-state index in [1.165, 1.54) is 0 Å². The molecule has 15 nitrogen and oxygen atoms in total. The first-order valence-corrected chi connectivity index (χ1v) is 8.95. The van der Waals surface area contributed by atoms with E-state index in [1.807, 2.05) is 0 Å². The highest BCUT2D eigenvalue weighted by Crippen LogP contribution is 2.13. The summed E-state index contributed by atoms with van der Waals surface area (Å²) in [4.78, 5) is 45.0. The van der Waals surface area contributed by atoms with Crippen LogP contribution in [0.2, 0.25) is 0 Å². The predicted molar refractivity (Wildman–Crippen MR) is 99.1 cm³/mol. The Hall–Kier alpha value is -3.25. The van der Waals surface area contributed by atoms with Crippen molar-refractivity contribution in [1.82, 2.24) is 20.6 Å². The molecule has 0 radical (unpaired) electrons. The van der Waals surface area contributed by atoms with Crippen molar-refractivity contribution < 1.29 is 42.9 Å². The Morgan fingerprint density at radius 2 is 1.97 bits per heavy atom. The fraction of sp³-hybridized carbons (Fsp3) is 0.714. The van der Waals surface area contributed by atoms with Crippen molar-refractivity contribution in [2.24, 2.45) is 5.73 Å². The van der Waals surface area contributed by atoms with E-state index < -0.39 is 35.0 Å². The predicted octanol–water partition coefficient (Wildman–Crippen LogP) is -0.733. The maximum absolute atomic E-state index is 10.6. The Kier molecular flexibility index (Phi) is 14.0. The van der Waals surface area contributed by atoms with Gasteiger partial charge in [0.25, 0.3) is 10.2 Å². The van der Waals surface area contributed by atoms with Crippen LogP contribution >= 0.6 is 0 Å². The number of rotatable bonds is 15. The third kappa shape index (κ3) is 15.6. The number of aliphatic carboxylic acids is 1. The lowest BCUT2D eigenvalue weighted by atomic mass is 10.1. The average Bonchev–Trinajstić information content (AvgIpc) is 3.18. The van der Waals surface area contributed by atoms with Crippen molar-refractivity contribution in [2.45, 2.75) is 31.2 Å². The molecule has 184 valence electrons. The van der Waals surface area contributed by atoms with Crippen LogP contribution in [0, 0.1) is 20.2 Å². The molecule has 0 fully saturated rings. The number of carboxylic acids is 1. The van der Waals surface area contributed by atoms with Gasteiger partial charge in [-0.05, 0) is 19.5 Å². The fourth-order valence-corrected chi connectivity index (χ4v) is 2.10. The minimum atomic E-state index is -5.08. The van der Waals surface area contributed by atoms with Crippen LogP contribution in [0.25, 0.3) is 0 Å². The smallest absolute Gasteiger partial charge is 0.475 e. The van der Waals surface area contributed by atoms with Gasteiger partial charge >= 0.3 is 12.1 Å². The van der Waals surface area contributed by atoms with Gasteiger partial charge in [-0.15, -0.1) is 20.2 Å². The van der Waals surface area contributed by atoms with Gasteiger partial charge in [0.2, 0.25) is 0 Å². The second-order valence-corrected chi connectivity index (χ2v) is 6.01. The number of H-pyrrole nitrogens is 1. The van der Waals surface area contributed by atoms with Crippen molar-refractivity contribution in [2.75, 3.05) is 32.8 Å². The molecule has 0 saturated heterocycles. The standard InChI is InChI=1S/C12H23N7O6.C2HF3O2/c13-2-1-3-16-10(4-11-6-15-9-17-11)5-14-7-12(25-19(22)23)8-24-18(20)21;3-2(4,5)1(6)7/h6,9-10,12,14,16H,1-5,7-8,13H2,(H,15,17);(H,6,7)/t10-,12+;/m0./s1. The molecule has 0 saturated carbocycles. The summed E-state index contributed by atoms with van der Waals surface area (Å²) in [5, 5.41) is 32.0. The van der Waals surface area contributed by atoms with Crippen molar-refractivity contribution in [3.8, 4) is 0 Å². The molecule has 0 amide bonds. The number of imidazole rings is 1. The summed E-state index contributed by atoms with van der Waals surface area (Å²) >= 11 is 0. The van der Waals surface area contributed by atoms with Crippen LogP contribution in [0.1, 0.15) is 12.1 Å². The monoisotopic (exact) mass is 475 g/mol. The van der Waals surface area contributed by atoms with Crippen molar-refractivity contribution in [3.05, 3.63) is 38.4 Å². The lowest BCUT2D eigenvalue weighted by Gasteiger charge is -2.20. The quantitative estimate of drug-likeness (QED) is 0.120. The van der Waals surface area contributed by atoms with Gasteiger partial charge < -0.3 is 36.1 Å². The molecule has 0 aliphatic carbocycles. The second kappa shape index (κ2) is 15.5. The zero-order chi connectivity index (χ0) is 24.6. The number of halogens is 3. The molecule has 0 spiro atoms. The molecule has 0 bridgehead atoms. The van der Waals surface area contributed by atoms with Crippen LogP contribution in [0.15, 0.2) is 12.5 Å². The number of aromatic amines is 1. The van der Waals surface area contributed by atoms with Gasteiger partial charge in [0, 0.05) is 37.4 Å². The summed E-state index contributed by atoms with van der Waals surface area (Å²) in [6, 6.07) is 0.0136. The average molecular weight is 475 g/mol. The Bertz CT molecular complexity index is 678. The summed E-state index contributed by atoms with van der Waals surface area (Å²) in [5.74, 6) is -2.76. The SMILES string of the molecule is NCCCN[C@H](CNC[C@H](CO[N+](=O)[O-])O[N+](=O)[O-])Cc1cnc[nH]1.O=C(O)C(F)(F)F. The fourth-order valence-electron chi connectivity index (χ4n) is 2.10. The number of carbonyl (C=O) groups is 1. The maximum Gasteiger partial charge on any atom is 0.490 e. The molecule has 0 aromatic carbocycles. The van der Waals surface area contributed by atoms with E-state index >= 15 is 0 Å². The van der Waals surface area contributed by atoms with Gasteiger partial charge in [-0.1, -0.05) is 0 Å². The maximum atomic E-state index is 10.6. The van der Waals surface area contributed by atoms with Gasteiger partial charge in [0.15, 0.2) is 0 Å². The first-order chi connectivity index (χ1) is 15.0. The summed E-state index contributed by atoms with van der Waals surface area (Å²) in [5.41, 5.74) is 6.41. The number of hydrogen-bond donors (Lipinski definition) is 5. The minimum Gasteiger partial charge on any atom is -0.475 e. The van der Waals surface area contributed by atoms with Crippen LogP contribution in [0.4, 0.5) is 13.2 Å². The van der Waals surface area contributed by atoms with E-state index in [-0.39, 0.29) is 12.6 Å². The number of nitrogens with zero attached hydrogens (tertiary/aromatic N) is 3. The zero-order valence-corrected chi connectivity index (χ0v) is 16.6. The second-order valence-electron chi connectivity index (χ2n) is 6.01. The van der Waals surface area contributed by atoms with Gasteiger partial charge in [-0.2, -0.15) is 13.2 Å². The van der Waals surface area contributed by atoms with E-state index in [9.17, 15) is 33.4 Å². The highest BCUT2D eigenvalue weighted by atomic mass is 19.4. The molecule has 0 aliphatic rings. The Balaban J connectivity index is 0.00000118. The van der Waals surface area contributed by atoms with Gasteiger partial charge in [0.1, 0.15) is 12.7 Å². The lowest BCUT2D eigenvalue weighted by Crippen LogP contribution is -2.44. The normalized spacial score (nSPS) is 12.8. The number of hydrogen-bond acceptors (Lipinski definition) is 11. The number of aromatic nitrogens is 2. The summed E-state index contributed by atoms with van der Waals surface area (Å²) in [7, 11) is 0. The van der Waals surface area contributed by atoms with Gasteiger partial charge in [-0.3, -0.25) is 0 Å². The summed E-state index contributed by atoms with van der Waals surface area (Å²) in [6.45, 7) is 1.23. The van der Waals surface area contributed by atoms with Gasteiger partial charge in [-0.25, -0.2) is 9.78 Å². The molecule has 1 rings (SSSR count). The molecule has 1 heterocycles. The van der Waals surface area contributed by atoms with E-state index in [0.29, 0.717) is 19.5 Å². The molecule has 1 aromatic rings. The topological polar surface area (TPSA) is 221 Å². The van der Waals surface area contributed by atoms with E-state index in [2.05, 4.69) is 30.3 Å². The lowest BCUT2D eigenvalue weighted by molar-refractivity contribution is -0.789. The molecule has 0 aliphatic heterocycles. The molecule has 18 heteroatoms. The van der Waals surface area contributed by atoms with Crippen LogP contribution in [0.3, 0.4) is 0 Å². The van der Waals surface area contributed by atoms with E-state index in [4.69, 9.17) is 15.6 Å². The summed E-state index contributed by atoms with van der Waals surface area (Å²) < 4.78 is 31.7. The number of nitrogens with two attached hydrogens (primary N) is 1. The van der Waals surface area contributed by atoms with Crippen LogP contribution in [-0.2, 0) is 20.9 Å². The zero-order valence-electron chi connectivity index (χ0n) is 16.6. The van der Waals surface area contributed by atoms with Gasteiger partial charge in [0.05, 0.1) is 6.33 Å². The molecule has 0 unspecified atom stereocenters. The first-order valence-electron chi connectivity index (χ1n) is 8.95. The molecule has 32 heavy (non-hydrogen) atoms. The largest absolute Gasteiger partial charge is 0.490 e. The number of nitrogens with one attached hydrogen (secondary N) is 3. The number of carboxylic acid groups (broad SMARTS) is 1. The number of alkyl halides is 3. The van der Waals surface area contributed by atoms with Crippen LogP contribution in [-0.4, -0.2) is 82.3 Å². The highest BCUT2D eigenvalue weighted by Gasteiger charge is 2.38. The third-order valence-electron chi connectivity index (χ3n) is 3.44. The van der Waals surface area contributed by atoms with Crippen molar-refractivity contribution in [1.29, 1.82) is 0 Å². The molecule has 6 N–H and O–H groups in total. The van der Waals surface area contributed by atoms with Crippen molar-refractivity contribution in [3.63, 3.8) is 0 Å². The minimum absolute atomic E-state index is 0.0136. The first kappa shape index (κ1) is 28.8. The Morgan fingerprint density at radius 1 is 1.31 bits per heavy atom. The van der Waals surface area contributed by atoms with Crippen LogP contribution in [0.5, 0.6) is 0 Å². The molecular weight excluding hydrogens is 451 g/mol. The molecule has 2 atom stereocenters. The summed E-state index contributed by atoms with van der Waals surface area (Å²) in [6.07, 6.45) is -1.42. The van der Waals surface area contributed by atoms with Crippen molar-refractivity contribution >= 4 is 5.97 Å². The van der Waals surface area contributed by atoms with E-state index in [1.54, 1.807) is 12.5 Å². The molecular formula is C14H24F3N7O8. The molecule has 1 aromatic heterocycles. The Labute approximate surface area is 178 Å². The highest BCUT2D eigenvalue weighted by molar-refractivity contribution is 5.73. The van der Waals surface area contributed by atoms with Crippen LogP contribution < -0.4 is 16.4 Å². The van der Waals surface area contributed by atoms with E-state index in [0.717, 1.165) is 18.7 Å². The third-order valence-corrected chi connectivity index (χ3v) is 3.44.